The summed E-state index contributed by atoms with van der Waals surface area (Å²) in [6.07, 6.45) is 7.00. The van der Waals surface area contributed by atoms with Crippen LogP contribution in [0.4, 0.5) is 0 Å². The fourth-order valence-corrected chi connectivity index (χ4v) is 4.77. The molecule has 2 heterocycles. The molecule has 0 radical (unpaired) electrons. The van der Waals surface area contributed by atoms with Crippen LogP contribution in [0.1, 0.15) is 30.4 Å². The van der Waals surface area contributed by atoms with Crippen LogP contribution in [0.2, 0.25) is 0 Å². The number of nitrogens with zero attached hydrogens (tertiary/aromatic N) is 2. The number of benzene rings is 1. The molecular formula is C21H26N2O2. The Kier molecular flexibility index (Phi) is 4.48. The molecule has 2 aromatic rings. The summed E-state index contributed by atoms with van der Waals surface area (Å²) in [6.45, 7) is 2.77. The summed E-state index contributed by atoms with van der Waals surface area (Å²) >= 11 is 0. The highest BCUT2D eigenvalue weighted by atomic mass is 16.5. The van der Waals surface area contributed by atoms with E-state index in [-0.39, 0.29) is 11.8 Å². The summed E-state index contributed by atoms with van der Waals surface area (Å²) in [5.41, 5.74) is 1.53. The number of piperidine rings is 1. The van der Waals surface area contributed by atoms with Gasteiger partial charge in [0, 0.05) is 49.4 Å². The zero-order valence-corrected chi connectivity index (χ0v) is 14.8. The highest BCUT2D eigenvalue weighted by Crippen LogP contribution is 2.49. The third-order valence-corrected chi connectivity index (χ3v) is 5.97. The molecule has 1 aliphatic heterocycles. The van der Waals surface area contributed by atoms with Gasteiger partial charge in [0.1, 0.15) is 5.75 Å². The van der Waals surface area contributed by atoms with Crippen molar-refractivity contribution in [1.29, 1.82) is 0 Å². The number of likely N-dealkylation sites (tertiary alicyclic amines) is 1. The Labute approximate surface area is 149 Å². The molecule has 25 heavy (non-hydrogen) atoms. The molecule has 1 N–H and O–H groups in total. The Morgan fingerprint density at radius 1 is 1.20 bits per heavy atom. The number of hydrogen-bond donors (Lipinski definition) is 1. The van der Waals surface area contributed by atoms with Crippen LogP contribution in [0.25, 0.3) is 0 Å². The van der Waals surface area contributed by atoms with Crippen molar-refractivity contribution in [3.05, 3.63) is 59.9 Å². The zero-order valence-electron chi connectivity index (χ0n) is 14.8. The zero-order chi connectivity index (χ0) is 17.3. The number of rotatable bonds is 4. The minimum Gasteiger partial charge on any atom is -0.497 e. The molecule has 2 unspecified atom stereocenters. The first-order valence-corrected chi connectivity index (χ1v) is 9.18. The Morgan fingerprint density at radius 2 is 2.00 bits per heavy atom. The average Bonchev–Trinajstić information content (AvgIpc) is 2.63. The van der Waals surface area contributed by atoms with Crippen LogP contribution >= 0.6 is 0 Å². The summed E-state index contributed by atoms with van der Waals surface area (Å²) in [7, 11) is 1.71. The van der Waals surface area contributed by atoms with Gasteiger partial charge in [-0.05, 0) is 36.6 Å². The highest BCUT2D eigenvalue weighted by molar-refractivity contribution is 5.29. The van der Waals surface area contributed by atoms with E-state index in [4.69, 9.17) is 4.74 Å². The normalized spacial score (nSPS) is 29.4. The quantitative estimate of drug-likeness (QED) is 0.930. The predicted molar refractivity (Wildman–Crippen MR) is 97.2 cm³/mol. The van der Waals surface area contributed by atoms with Gasteiger partial charge in [-0.15, -0.1) is 0 Å². The van der Waals surface area contributed by atoms with E-state index < -0.39 is 5.60 Å². The lowest BCUT2D eigenvalue weighted by Crippen LogP contribution is -2.57. The fraction of sp³-hybridized carbons (Fsp3) is 0.476. The van der Waals surface area contributed by atoms with Gasteiger partial charge in [-0.25, -0.2) is 0 Å². The number of ether oxygens (including phenoxy) is 1. The first-order chi connectivity index (χ1) is 12.2. The maximum atomic E-state index is 11.6. The van der Waals surface area contributed by atoms with Gasteiger partial charge in [0.15, 0.2) is 0 Å². The second-order valence-corrected chi connectivity index (χ2v) is 7.44. The molecule has 1 saturated carbocycles. The lowest BCUT2D eigenvalue weighted by molar-refractivity contribution is -0.148. The van der Waals surface area contributed by atoms with Crippen LogP contribution in [0, 0.1) is 11.8 Å². The van der Waals surface area contributed by atoms with E-state index in [2.05, 4.69) is 22.0 Å². The SMILES string of the molecule is COc1cccc(CN2CC3CCCC(C2)C3(O)c2cccnc2)c1. The first-order valence-electron chi connectivity index (χ1n) is 9.18. The molecule has 0 amide bonds. The number of methoxy groups -OCH3 is 1. The smallest absolute Gasteiger partial charge is 0.119 e. The van der Waals surface area contributed by atoms with Gasteiger partial charge in [0.2, 0.25) is 0 Å². The number of aromatic nitrogens is 1. The second-order valence-electron chi connectivity index (χ2n) is 7.44. The molecule has 4 rings (SSSR count). The summed E-state index contributed by atoms with van der Waals surface area (Å²) < 4.78 is 5.34. The molecular weight excluding hydrogens is 312 g/mol. The van der Waals surface area contributed by atoms with Crippen LogP contribution in [0.3, 0.4) is 0 Å². The number of fused-ring (bicyclic) bond motifs is 2. The molecule has 4 nitrogen and oxygen atoms in total. The van der Waals surface area contributed by atoms with Gasteiger partial charge in [0.05, 0.1) is 12.7 Å². The molecule has 1 aromatic carbocycles. The second kappa shape index (κ2) is 6.77. The largest absolute Gasteiger partial charge is 0.497 e. The van der Waals surface area contributed by atoms with E-state index in [1.807, 2.05) is 30.5 Å². The fourth-order valence-electron chi connectivity index (χ4n) is 4.77. The molecule has 0 spiro atoms. The highest BCUT2D eigenvalue weighted by Gasteiger charge is 2.51. The molecule has 2 atom stereocenters. The molecule has 2 aliphatic rings. The predicted octanol–water partition coefficient (Wildman–Crippen LogP) is 3.21. The summed E-state index contributed by atoms with van der Waals surface area (Å²) in [4.78, 5) is 6.74. The van der Waals surface area contributed by atoms with E-state index in [0.717, 1.165) is 43.8 Å². The topological polar surface area (TPSA) is 45.6 Å². The first kappa shape index (κ1) is 16.6. The van der Waals surface area contributed by atoms with E-state index in [0.29, 0.717) is 0 Å². The lowest BCUT2D eigenvalue weighted by atomic mass is 9.63. The Bertz CT molecular complexity index is 705. The van der Waals surface area contributed by atoms with Gasteiger partial charge < -0.3 is 9.84 Å². The van der Waals surface area contributed by atoms with Crippen LogP contribution in [-0.2, 0) is 12.1 Å². The molecule has 1 aromatic heterocycles. The summed E-state index contributed by atoms with van der Waals surface area (Å²) in [5.74, 6) is 1.45. The van der Waals surface area contributed by atoms with Crippen LogP contribution in [-0.4, -0.2) is 35.2 Å². The van der Waals surface area contributed by atoms with Gasteiger partial charge in [-0.2, -0.15) is 0 Å². The van der Waals surface area contributed by atoms with Crippen molar-refractivity contribution in [3.63, 3.8) is 0 Å². The number of pyridine rings is 1. The average molecular weight is 338 g/mol. The molecule has 1 aliphatic carbocycles. The van der Waals surface area contributed by atoms with Crippen molar-refractivity contribution in [2.75, 3.05) is 20.2 Å². The standard InChI is InChI=1S/C21H26N2O2/c1-25-20-9-2-5-16(11-20)13-23-14-18-6-3-7-19(15-23)21(18,24)17-8-4-10-22-12-17/h2,4-5,8-12,18-19,24H,3,6-7,13-15H2,1H3. The third kappa shape index (κ3) is 3.05. The number of aliphatic hydroxyl groups is 1. The Morgan fingerprint density at radius 3 is 2.68 bits per heavy atom. The van der Waals surface area contributed by atoms with E-state index in [1.54, 1.807) is 13.3 Å². The van der Waals surface area contributed by atoms with Gasteiger partial charge in [-0.1, -0.05) is 24.6 Å². The molecule has 2 bridgehead atoms. The van der Waals surface area contributed by atoms with E-state index >= 15 is 0 Å². The van der Waals surface area contributed by atoms with Crippen molar-refractivity contribution in [1.82, 2.24) is 9.88 Å². The van der Waals surface area contributed by atoms with Crippen molar-refractivity contribution in [3.8, 4) is 5.75 Å². The monoisotopic (exact) mass is 338 g/mol. The summed E-state index contributed by atoms with van der Waals surface area (Å²) in [6, 6.07) is 12.3. The Hall–Kier alpha value is -1.91. The van der Waals surface area contributed by atoms with Crippen molar-refractivity contribution in [2.24, 2.45) is 11.8 Å². The molecule has 132 valence electrons. The van der Waals surface area contributed by atoms with Crippen molar-refractivity contribution >= 4 is 0 Å². The Balaban J connectivity index is 1.55. The van der Waals surface area contributed by atoms with Gasteiger partial charge >= 0.3 is 0 Å². The maximum absolute atomic E-state index is 11.6. The summed E-state index contributed by atoms with van der Waals surface area (Å²) in [5, 5.41) is 11.6. The van der Waals surface area contributed by atoms with Crippen LogP contribution in [0.15, 0.2) is 48.8 Å². The number of hydrogen-bond acceptors (Lipinski definition) is 4. The third-order valence-electron chi connectivity index (χ3n) is 5.97. The van der Waals surface area contributed by atoms with Crippen molar-refractivity contribution < 1.29 is 9.84 Å². The van der Waals surface area contributed by atoms with Crippen LogP contribution < -0.4 is 4.74 Å². The van der Waals surface area contributed by atoms with Gasteiger partial charge in [0.25, 0.3) is 0 Å². The molecule has 4 heteroatoms. The lowest BCUT2D eigenvalue weighted by Gasteiger charge is -2.53. The molecule has 1 saturated heterocycles. The van der Waals surface area contributed by atoms with E-state index in [1.165, 1.54) is 12.0 Å². The minimum absolute atomic E-state index is 0.273. The van der Waals surface area contributed by atoms with Crippen molar-refractivity contribution in [2.45, 2.75) is 31.4 Å². The molecule has 2 fully saturated rings. The van der Waals surface area contributed by atoms with E-state index in [9.17, 15) is 5.11 Å². The minimum atomic E-state index is -0.725. The maximum Gasteiger partial charge on any atom is 0.119 e. The van der Waals surface area contributed by atoms with Crippen LogP contribution in [0.5, 0.6) is 5.75 Å². The van der Waals surface area contributed by atoms with Gasteiger partial charge in [-0.3, -0.25) is 9.88 Å².